The first-order valence-electron chi connectivity index (χ1n) is 14.0. The first kappa shape index (κ1) is 26.8. The lowest BCUT2D eigenvalue weighted by Crippen LogP contribution is -2.61. The maximum Gasteiger partial charge on any atom is 0.232 e. The summed E-state index contributed by atoms with van der Waals surface area (Å²) in [7, 11) is 6.18. The number of piperidine rings is 1. The molecule has 35 heavy (non-hydrogen) atoms. The highest BCUT2D eigenvalue weighted by Gasteiger charge is 2.62. The van der Waals surface area contributed by atoms with Crippen molar-refractivity contribution in [1.29, 1.82) is 0 Å². The molecule has 0 spiro atoms. The van der Waals surface area contributed by atoms with Gasteiger partial charge in [-0.3, -0.25) is 14.5 Å². The second kappa shape index (κ2) is 10.3. The van der Waals surface area contributed by atoms with E-state index < -0.39 is 0 Å². The quantitative estimate of drug-likeness (QED) is 0.551. The molecule has 4 fully saturated rings. The zero-order valence-corrected chi connectivity index (χ0v) is 23.8. The summed E-state index contributed by atoms with van der Waals surface area (Å²) in [5.41, 5.74) is 0.277. The number of thiocarbonyl (C=S) groups is 1. The van der Waals surface area contributed by atoms with Crippen molar-refractivity contribution >= 4 is 29.1 Å². The number of hydrogen-bond donors (Lipinski definition) is 1. The molecule has 1 N–H and O–H groups in total. The molecule has 1 aliphatic heterocycles. The zero-order chi connectivity index (χ0) is 25.5. The Bertz CT molecular complexity index is 834. The van der Waals surface area contributed by atoms with Gasteiger partial charge in [0.25, 0.3) is 0 Å². The van der Waals surface area contributed by atoms with Gasteiger partial charge in [-0.05, 0) is 120 Å². The highest BCUT2D eigenvalue weighted by Crippen LogP contribution is 2.66. The fourth-order valence-electron chi connectivity index (χ4n) is 8.85. The van der Waals surface area contributed by atoms with Crippen molar-refractivity contribution in [3.05, 3.63) is 0 Å². The molecule has 0 bridgehead atoms. The Morgan fingerprint density at radius 1 is 1.06 bits per heavy atom. The van der Waals surface area contributed by atoms with Crippen LogP contribution in [0.2, 0.25) is 0 Å². The van der Waals surface area contributed by atoms with Gasteiger partial charge in [0, 0.05) is 38.5 Å². The smallest absolute Gasteiger partial charge is 0.232 e. The Hall–Kier alpha value is -1.21. The van der Waals surface area contributed by atoms with Crippen LogP contribution in [0.1, 0.15) is 78.6 Å². The normalized spacial score (nSPS) is 38.5. The van der Waals surface area contributed by atoms with Crippen LogP contribution in [-0.4, -0.2) is 78.4 Å². The van der Waals surface area contributed by atoms with Gasteiger partial charge in [0.05, 0.1) is 0 Å². The minimum atomic E-state index is 0.0550. The lowest BCUT2D eigenvalue weighted by atomic mass is 9.47. The summed E-state index contributed by atoms with van der Waals surface area (Å²) in [5.74, 6) is 2.59. The summed E-state index contributed by atoms with van der Waals surface area (Å²) in [6.45, 7) is 9.30. The maximum atomic E-state index is 14.1. The van der Waals surface area contributed by atoms with Crippen LogP contribution in [0.15, 0.2) is 0 Å². The number of likely N-dealkylation sites (tertiary alicyclic amines) is 1. The molecule has 2 amide bonds. The topological polar surface area (TPSA) is 55.9 Å². The van der Waals surface area contributed by atoms with Gasteiger partial charge in [-0.15, -0.1) is 0 Å². The maximum absolute atomic E-state index is 14.1. The molecule has 7 atom stereocenters. The standard InChI is InChI=1S/C28H48N4O2S/c1-7-29-26(35)32(18-8-17-30(4)5)25(34)22-11-10-20-19-9-12-23-28(3,16-14-24(33)31(23)6)21(19)13-15-27(20,22)2/h19-23H,7-18H2,1-6H3,(H,29,35)/t19-,20-,21-,22+,23+,27-,28+/m0/s1. The van der Waals surface area contributed by atoms with Crippen LogP contribution >= 0.6 is 12.2 Å². The van der Waals surface area contributed by atoms with Gasteiger partial charge in [0.2, 0.25) is 11.8 Å². The number of rotatable bonds is 6. The largest absolute Gasteiger partial charge is 0.362 e. The van der Waals surface area contributed by atoms with E-state index in [9.17, 15) is 9.59 Å². The molecule has 0 radical (unpaired) electrons. The number of hydrogen-bond acceptors (Lipinski definition) is 4. The number of nitrogens with one attached hydrogen (secondary N) is 1. The predicted octanol–water partition coefficient (Wildman–Crippen LogP) is 4.14. The molecule has 198 valence electrons. The molecule has 4 rings (SSSR count). The molecule has 1 saturated heterocycles. The molecule has 0 aromatic carbocycles. The van der Waals surface area contributed by atoms with Crippen molar-refractivity contribution in [2.24, 2.45) is 34.5 Å². The fourth-order valence-corrected chi connectivity index (χ4v) is 9.17. The van der Waals surface area contributed by atoms with Crippen molar-refractivity contribution in [2.45, 2.75) is 84.6 Å². The van der Waals surface area contributed by atoms with Gasteiger partial charge in [0.1, 0.15) is 0 Å². The van der Waals surface area contributed by atoms with E-state index in [2.05, 4.69) is 43.1 Å². The van der Waals surface area contributed by atoms with Crippen LogP contribution in [0.4, 0.5) is 0 Å². The molecular weight excluding hydrogens is 456 g/mol. The van der Waals surface area contributed by atoms with Gasteiger partial charge in [-0.1, -0.05) is 13.8 Å². The molecular formula is C28H48N4O2S. The molecule has 0 aromatic rings. The Morgan fingerprint density at radius 2 is 1.77 bits per heavy atom. The molecule has 6 nitrogen and oxygen atoms in total. The van der Waals surface area contributed by atoms with Gasteiger partial charge < -0.3 is 15.1 Å². The van der Waals surface area contributed by atoms with Crippen LogP contribution in [0, 0.1) is 34.5 Å². The summed E-state index contributed by atoms with van der Waals surface area (Å²) in [6.07, 6.45) is 9.42. The zero-order valence-electron chi connectivity index (χ0n) is 22.9. The number of fused-ring (bicyclic) bond motifs is 5. The predicted molar refractivity (Wildman–Crippen MR) is 145 cm³/mol. The summed E-state index contributed by atoms with van der Waals surface area (Å²) in [6, 6.07) is 0.387. The second-order valence-electron chi connectivity index (χ2n) is 12.6. The van der Waals surface area contributed by atoms with Gasteiger partial charge in [-0.25, -0.2) is 0 Å². The Morgan fingerprint density at radius 3 is 2.46 bits per heavy atom. The molecule has 1 heterocycles. The lowest BCUT2D eigenvalue weighted by Gasteiger charge is -2.61. The fraction of sp³-hybridized carbons (Fsp3) is 0.893. The summed E-state index contributed by atoms with van der Waals surface area (Å²) in [5, 5.41) is 3.85. The van der Waals surface area contributed by atoms with E-state index in [1.165, 1.54) is 12.8 Å². The number of nitrogens with zero attached hydrogens (tertiary/aromatic N) is 3. The monoisotopic (exact) mass is 504 g/mol. The Labute approximate surface area is 218 Å². The number of carbonyl (C=O) groups excluding carboxylic acids is 2. The number of carbonyl (C=O) groups is 2. The van der Waals surface area contributed by atoms with Crippen molar-refractivity contribution in [1.82, 2.24) is 20.0 Å². The van der Waals surface area contributed by atoms with E-state index in [4.69, 9.17) is 12.2 Å². The van der Waals surface area contributed by atoms with Crippen LogP contribution < -0.4 is 5.32 Å². The van der Waals surface area contributed by atoms with E-state index in [0.29, 0.717) is 47.8 Å². The summed E-state index contributed by atoms with van der Waals surface area (Å²) >= 11 is 5.69. The van der Waals surface area contributed by atoms with Crippen LogP contribution in [0.3, 0.4) is 0 Å². The molecule has 3 saturated carbocycles. The third kappa shape index (κ3) is 4.65. The van der Waals surface area contributed by atoms with E-state index in [1.54, 1.807) is 0 Å². The molecule has 0 unspecified atom stereocenters. The van der Waals surface area contributed by atoms with Gasteiger partial charge in [-0.2, -0.15) is 0 Å². The second-order valence-corrected chi connectivity index (χ2v) is 13.0. The van der Waals surface area contributed by atoms with Crippen molar-refractivity contribution in [2.75, 3.05) is 40.8 Å². The minimum Gasteiger partial charge on any atom is -0.362 e. The highest BCUT2D eigenvalue weighted by atomic mass is 32.1. The molecule has 7 heteroatoms. The Kier molecular flexibility index (Phi) is 7.88. The van der Waals surface area contributed by atoms with Crippen LogP contribution in [0.25, 0.3) is 0 Å². The van der Waals surface area contributed by atoms with Crippen LogP contribution in [0.5, 0.6) is 0 Å². The van der Waals surface area contributed by atoms with E-state index in [-0.39, 0.29) is 22.7 Å². The first-order valence-corrected chi connectivity index (χ1v) is 14.4. The third-order valence-electron chi connectivity index (χ3n) is 10.7. The van der Waals surface area contributed by atoms with Gasteiger partial charge in [0.15, 0.2) is 5.11 Å². The van der Waals surface area contributed by atoms with Crippen molar-refractivity contribution in [3.63, 3.8) is 0 Å². The average molecular weight is 505 g/mol. The lowest BCUT2D eigenvalue weighted by molar-refractivity contribution is -0.160. The van der Waals surface area contributed by atoms with Crippen molar-refractivity contribution < 1.29 is 9.59 Å². The SMILES string of the molecule is CCNC(=S)N(CCCN(C)C)C(=O)[C@H]1CC[C@H]2[C@@H]3CC[C@H]4N(C)C(=O)CC[C@]4(C)[C@H]3CC[C@]12C. The Balaban J connectivity index is 1.52. The number of amides is 2. The average Bonchev–Trinajstić information content (AvgIpc) is 3.16. The van der Waals surface area contributed by atoms with E-state index in [0.717, 1.165) is 51.6 Å². The summed E-state index contributed by atoms with van der Waals surface area (Å²) < 4.78 is 0. The minimum absolute atomic E-state index is 0.0550. The summed E-state index contributed by atoms with van der Waals surface area (Å²) in [4.78, 5) is 32.6. The first-order chi connectivity index (χ1) is 16.5. The van der Waals surface area contributed by atoms with Crippen LogP contribution in [-0.2, 0) is 9.59 Å². The van der Waals surface area contributed by atoms with E-state index in [1.807, 2.05) is 18.9 Å². The molecule has 3 aliphatic carbocycles. The van der Waals surface area contributed by atoms with Gasteiger partial charge >= 0.3 is 0 Å². The molecule has 0 aromatic heterocycles. The molecule has 4 aliphatic rings. The van der Waals surface area contributed by atoms with Crippen molar-refractivity contribution in [3.8, 4) is 0 Å². The highest BCUT2D eigenvalue weighted by molar-refractivity contribution is 7.80. The third-order valence-corrected chi connectivity index (χ3v) is 11.0. The van der Waals surface area contributed by atoms with E-state index >= 15 is 0 Å².